The van der Waals surface area contributed by atoms with E-state index in [9.17, 15) is 14.0 Å². The molecule has 3 aliphatic rings. The second kappa shape index (κ2) is 9.05. The molecule has 3 aromatic carbocycles. The van der Waals surface area contributed by atoms with E-state index >= 15 is 0 Å². The molecule has 0 aromatic heterocycles. The molecular formula is C31H29FN2O3. The normalized spacial score (nSPS) is 22.2. The Morgan fingerprint density at radius 2 is 1.46 bits per heavy atom. The van der Waals surface area contributed by atoms with Gasteiger partial charge in [0.05, 0.1) is 29.4 Å². The monoisotopic (exact) mass is 496 g/mol. The average molecular weight is 497 g/mol. The molecule has 0 radical (unpaired) electrons. The first-order valence-corrected chi connectivity index (χ1v) is 12.7. The Kier molecular flexibility index (Phi) is 5.81. The van der Waals surface area contributed by atoms with Gasteiger partial charge >= 0.3 is 0 Å². The molecule has 1 saturated heterocycles. The van der Waals surface area contributed by atoms with Crippen molar-refractivity contribution in [1.82, 2.24) is 9.80 Å². The predicted molar refractivity (Wildman–Crippen MR) is 140 cm³/mol. The lowest BCUT2D eigenvalue weighted by Crippen LogP contribution is -2.55. The van der Waals surface area contributed by atoms with Crippen molar-refractivity contribution in [2.24, 2.45) is 0 Å². The molecule has 0 N–H and O–H groups in total. The molecule has 0 unspecified atom stereocenters. The highest BCUT2D eigenvalue weighted by atomic mass is 19.1. The molecule has 6 heteroatoms. The van der Waals surface area contributed by atoms with E-state index in [-0.39, 0.29) is 23.2 Å². The Hall–Kier alpha value is -3.61. The zero-order valence-corrected chi connectivity index (χ0v) is 21.0. The first kappa shape index (κ1) is 23.8. The molecule has 1 saturated carbocycles. The number of imide groups is 1. The minimum atomic E-state index is -0.401. The molecule has 1 atom stereocenters. The third kappa shape index (κ3) is 4.10. The summed E-state index contributed by atoms with van der Waals surface area (Å²) in [5, 5.41) is 0. The number of likely N-dealkylation sites (N-methyl/N-ethyl adjacent to an activating group) is 1. The van der Waals surface area contributed by atoms with Crippen LogP contribution >= 0.6 is 0 Å². The van der Waals surface area contributed by atoms with Gasteiger partial charge in [0.2, 0.25) is 0 Å². The number of carbonyl (C=O) groups is 2. The number of amides is 2. The van der Waals surface area contributed by atoms with E-state index in [1.165, 1.54) is 22.6 Å². The van der Waals surface area contributed by atoms with Crippen molar-refractivity contribution in [1.29, 1.82) is 0 Å². The van der Waals surface area contributed by atoms with Gasteiger partial charge in [-0.15, -0.1) is 0 Å². The molecular weight excluding hydrogens is 467 g/mol. The van der Waals surface area contributed by atoms with E-state index in [2.05, 4.69) is 11.9 Å². The zero-order valence-electron chi connectivity index (χ0n) is 21.0. The fourth-order valence-corrected chi connectivity index (χ4v) is 5.98. The van der Waals surface area contributed by atoms with Gasteiger partial charge in [-0.2, -0.15) is 0 Å². The Balaban J connectivity index is 1.30. The number of hydrogen-bond donors (Lipinski definition) is 0. The zero-order chi connectivity index (χ0) is 25.7. The van der Waals surface area contributed by atoms with E-state index < -0.39 is 6.04 Å². The van der Waals surface area contributed by atoms with Crippen LogP contribution in [0.25, 0.3) is 5.57 Å². The fraction of sp³-hybridized carbons (Fsp3) is 0.290. The number of benzene rings is 3. The summed E-state index contributed by atoms with van der Waals surface area (Å²) in [4.78, 5) is 29.6. The van der Waals surface area contributed by atoms with Crippen LogP contribution in [0.3, 0.4) is 0 Å². The number of morpholine rings is 1. The molecule has 1 spiro atoms. The Bertz CT molecular complexity index is 1370. The third-order valence-electron chi connectivity index (χ3n) is 7.89. The van der Waals surface area contributed by atoms with Crippen molar-refractivity contribution < 1.29 is 18.7 Å². The third-order valence-corrected chi connectivity index (χ3v) is 7.89. The van der Waals surface area contributed by atoms with Crippen molar-refractivity contribution in [3.05, 3.63) is 112 Å². The number of hydrogen-bond acceptors (Lipinski definition) is 4. The van der Waals surface area contributed by atoms with Gasteiger partial charge in [-0.25, -0.2) is 4.39 Å². The average Bonchev–Trinajstić information content (AvgIpc) is 3.14. The van der Waals surface area contributed by atoms with E-state index in [0.717, 1.165) is 54.8 Å². The molecule has 2 amide bonds. The lowest BCUT2D eigenvalue weighted by atomic mass is 9.70. The van der Waals surface area contributed by atoms with E-state index in [0.29, 0.717) is 11.1 Å². The van der Waals surface area contributed by atoms with Gasteiger partial charge in [-0.3, -0.25) is 14.5 Å². The van der Waals surface area contributed by atoms with Crippen molar-refractivity contribution in [2.45, 2.75) is 31.4 Å². The standard InChI is InChI=1S/C31H29FN2O3/c1-20(34-29(35)26-5-3-4-6-27(26)30(34)36)21-7-9-22(10-8-21)28(23-11-13-25(32)14-12-23)24-17-31(18-24)19-33(2)15-16-37-31/h3-14,20H,15-19H2,1-2H3/t20-,31?/m1/s1. The van der Waals surface area contributed by atoms with Crippen molar-refractivity contribution in [3.8, 4) is 0 Å². The summed E-state index contributed by atoms with van der Waals surface area (Å²) in [6.45, 7) is 4.46. The highest BCUT2D eigenvalue weighted by molar-refractivity contribution is 6.21. The van der Waals surface area contributed by atoms with Crippen LogP contribution in [0.15, 0.2) is 78.4 Å². The van der Waals surface area contributed by atoms with Gasteiger partial charge in [0.1, 0.15) is 5.82 Å². The van der Waals surface area contributed by atoms with Crippen molar-refractivity contribution in [3.63, 3.8) is 0 Å². The second-order valence-electron chi connectivity index (χ2n) is 10.4. The summed E-state index contributed by atoms with van der Waals surface area (Å²) in [6, 6.07) is 21.2. The number of fused-ring (bicyclic) bond motifs is 1. The summed E-state index contributed by atoms with van der Waals surface area (Å²) >= 11 is 0. The molecule has 188 valence electrons. The topological polar surface area (TPSA) is 49.9 Å². The van der Waals surface area contributed by atoms with E-state index in [1.54, 1.807) is 24.3 Å². The summed E-state index contributed by atoms with van der Waals surface area (Å²) in [5.41, 5.74) is 6.03. The Morgan fingerprint density at radius 3 is 2.03 bits per heavy atom. The maximum Gasteiger partial charge on any atom is 0.262 e. The molecule has 3 aromatic rings. The lowest BCUT2D eigenvalue weighted by molar-refractivity contribution is -0.124. The number of ether oxygens (including phenoxy) is 1. The smallest absolute Gasteiger partial charge is 0.262 e. The maximum absolute atomic E-state index is 13.7. The van der Waals surface area contributed by atoms with Crippen molar-refractivity contribution >= 4 is 17.4 Å². The predicted octanol–water partition coefficient (Wildman–Crippen LogP) is 5.48. The number of halogens is 1. The highest BCUT2D eigenvalue weighted by Gasteiger charge is 2.46. The molecule has 37 heavy (non-hydrogen) atoms. The first-order chi connectivity index (χ1) is 17.8. The minimum Gasteiger partial charge on any atom is -0.372 e. The van der Waals surface area contributed by atoms with Gasteiger partial charge in [0, 0.05) is 13.1 Å². The van der Waals surface area contributed by atoms with E-state index in [4.69, 9.17) is 4.74 Å². The van der Waals surface area contributed by atoms with Gasteiger partial charge in [0.25, 0.3) is 11.8 Å². The quantitative estimate of drug-likeness (QED) is 0.449. The molecule has 2 aliphatic heterocycles. The first-order valence-electron chi connectivity index (χ1n) is 12.7. The number of nitrogens with zero attached hydrogens (tertiary/aromatic N) is 2. The van der Waals surface area contributed by atoms with E-state index in [1.807, 2.05) is 43.3 Å². The van der Waals surface area contributed by atoms with Crippen LogP contribution in [-0.2, 0) is 4.74 Å². The van der Waals surface area contributed by atoms with Crippen LogP contribution in [0.5, 0.6) is 0 Å². The molecule has 0 bridgehead atoms. The number of rotatable bonds is 4. The summed E-state index contributed by atoms with van der Waals surface area (Å²) in [5.74, 6) is -0.785. The SMILES string of the molecule is C[C@H](c1ccc(C(=C2CC3(C2)CN(C)CCO3)c2ccc(F)cc2)cc1)N1C(=O)c2ccccc2C1=O. The summed E-state index contributed by atoms with van der Waals surface area (Å²) in [7, 11) is 2.13. The second-order valence-corrected chi connectivity index (χ2v) is 10.4. The lowest BCUT2D eigenvalue weighted by Gasteiger charge is -2.49. The van der Waals surface area contributed by atoms with Crippen LogP contribution in [-0.4, -0.2) is 54.0 Å². The molecule has 1 aliphatic carbocycles. The van der Waals surface area contributed by atoms with Crippen molar-refractivity contribution in [2.75, 3.05) is 26.7 Å². The van der Waals surface area contributed by atoms with Crippen LogP contribution in [0.4, 0.5) is 4.39 Å². The number of carbonyl (C=O) groups excluding carboxylic acids is 2. The fourth-order valence-electron chi connectivity index (χ4n) is 5.98. The Labute approximate surface area is 216 Å². The maximum atomic E-state index is 13.7. The molecule has 6 rings (SSSR count). The molecule has 2 heterocycles. The molecule has 2 fully saturated rings. The van der Waals surface area contributed by atoms with Crippen LogP contribution < -0.4 is 0 Å². The Morgan fingerprint density at radius 1 is 0.892 bits per heavy atom. The minimum absolute atomic E-state index is 0.145. The van der Waals surface area contributed by atoms with Gasteiger partial charge in [-0.05, 0) is 73.3 Å². The van der Waals surface area contributed by atoms with Crippen LogP contribution in [0.1, 0.15) is 63.2 Å². The van der Waals surface area contributed by atoms with Gasteiger partial charge < -0.3 is 9.64 Å². The molecule has 5 nitrogen and oxygen atoms in total. The summed E-state index contributed by atoms with van der Waals surface area (Å²) < 4.78 is 19.9. The van der Waals surface area contributed by atoms with Crippen LogP contribution in [0.2, 0.25) is 0 Å². The largest absolute Gasteiger partial charge is 0.372 e. The van der Waals surface area contributed by atoms with Gasteiger partial charge in [-0.1, -0.05) is 54.1 Å². The summed E-state index contributed by atoms with van der Waals surface area (Å²) in [6.07, 6.45) is 1.69. The van der Waals surface area contributed by atoms with Gasteiger partial charge in [0.15, 0.2) is 0 Å². The van der Waals surface area contributed by atoms with Crippen LogP contribution in [0, 0.1) is 5.82 Å². The highest BCUT2D eigenvalue weighted by Crippen LogP contribution is 2.47.